The van der Waals surface area contributed by atoms with Gasteiger partial charge < -0.3 is 4.74 Å². The highest BCUT2D eigenvalue weighted by Crippen LogP contribution is 2.32. The molecule has 18 heavy (non-hydrogen) atoms. The van der Waals surface area contributed by atoms with Gasteiger partial charge in [0.15, 0.2) is 0 Å². The topological polar surface area (TPSA) is 27.1 Å². The number of benzene rings is 1. The molecule has 0 N–H and O–H groups in total. The standard InChI is InChI=1S/C14H15ClN2O/c1-18-13-9-5-4-8-12(13)17-14(15)10-6-2-3-7-11(10)16-17/h4-5,8-9H,2-3,6-7H2,1H3. The second-order valence-corrected chi connectivity index (χ2v) is 4.86. The van der Waals surface area contributed by atoms with Crippen LogP contribution in [0.5, 0.6) is 5.75 Å². The Balaban J connectivity index is 2.14. The first-order chi connectivity index (χ1) is 8.81. The molecular formula is C14H15ClN2O. The van der Waals surface area contributed by atoms with E-state index in [1.165, 1.54) is 18.4 Å². The smallest absolute Gasteiger partial charge is 0.144 e. The molecule has 0 atom stereocenters. The van der Waals surface area contributed by atoms with Gasteiger partial charge in [0.2, 0.25) is 0 Å². The minimum atomic E-state index is 0.731. The Bertz CT molecular complexity index is 577. The van der Waals surface area contributed by atoms with Crippen LogP contribution in [0, 0.1) is 0 Å². The van der Waals surface area contributed by atoms with Crippen molar-refractivity contribution in [1.29, 1.82) is 0 Å². The first-order valence-corrected chi connectivity index (χ1v) is 6.58. The number of hydrogen-bond acceptors (Lipinski definition) is 2. The third-order valence-electron chi connectivity index (χ3n) is 3.41. The van der Waals surface area contributed by atoms with Crippen LogP contribution in [0.2, 0.25) is 5.15 Å². The Morgan fingerprint density at radius 3 is 2.78 bits per heavy atom. The number of nitrogens with zero attached hydrogens (tertiary/aromatic N) is 2. The van der Waals surface area contributed by atoms with Gasteiger partial charge >= 0.3 is 0 Å². The van der Waals surface area contributed by atoms with E-state index in [-0.39, 0.29) is 0 Å². The molecular weight excluding hydrogens is 248 g/mol. The van der Waals surface area contributed by atoms with Crippen LogP contribution in [0.3, 0.4) is 0 Å². The molecule has 3 rings (SSSR count). The van der Waals surface area contributed by atoms with Gasteiger partial charge in [-0.25, -0.2) is 4.68 Å². The Morgan fingerprint density at radius 1 is 1.22 bits per heavy atom. The molecule has 0 saturated carbocycles. The number of aromatic nitrogens is 2. The van der Waals surface area contributed by atoms with Crippen molar-refractivity contribution in [2.24, 2.45) is 0 Å². The molecule has 4 heteroatoms. The summed E-state index contributed by atoms with van der Waals surface area (Å²) in [6, 6.07) is 7.81. The van der Waals surface area contributed by atoms with Crippen LogP contribution in [0.1, 0.15) is 24.1 Å². The van der Waals surface area contributed by atoms with Gasteiger partial charge in [0, 0.05) is 5.56 Å². The van der Waals surface area contributed by atoms with Crippen LogP contribution < -0.4 is 4.74 Å². The number of hydrogen-bond donors (Lipinski definition) is 0. The maximum absolute atomic E-state index is 6.45. The van der Waals surface area contributed by atoms with Gasteiger partial charge in [-0.05, 0) is 37.8 Å². The molecule has 0 aliphatic heterocycles. The summed E-state index contributed by atoms with van der Waals surface area (Å²) in [4.78, 5) is 0. The largest absolute Gasteiger partial charge is 0.494 e. The minimum Gasteiger partial charge on any atom is -0.494 e. The van der Waals surface area contributed by atoms with Gasteiger partial charge in [-0.2, -0.15) is 5.10 Å². The van der Waals surface area contributed by atoms with Crippen LogP contribution in [0.4, 0.5) is 0 Å². The number of ether oxygens (including phenoxy) is 1. The fraction of sp³-hybridized carbons (Fsp3) is 0.357. The highest BCUT2D eigenvalue weighted by atomic mass is 35.5. The second-order valence-electron chi connectivity index (χ2n) is 4.51. The number of rotatable bonds is 2. The summed E-state index contributed by atoms with van der Waals surface area (Å²) in [5, 5.41) is 5.36. The zero-order chi connectivity index (χ0) is 12.5. The second kappa shape index (κ2) is 4.65. The molecule has 0 radical (unpaired) electrons. The summed E-state index contributed by atoms with van der Waals surface area (Å²) >= 11 is 6.45. The molecule has 3 nitrogen and oxygen atoms in total. The van der Waals surface area contributed by atoms with E-state index >= 15 is 0 Å². The van der Waals surface area contributed by atoms with Gasteiger partial charge in [-0.15, -0.1) is 0 Å². The van der Waals surface area contributed by atoms with Crippen molar-refractivity contribution in [2.45, 2.75) is 25.7 Å². The molecule has 0 amide bonds. The van der Waals surface area contributed by atoms with Crippen LogP contribution >= 0.6 is 11.6 Å². The van der Waals surface area contributed by atoms with Crippen LogP contribution in [-0.4, -0.2) is 16.9 Å². The molecule has 0 spiro atoms. The molecule has 0 bridgehead atoms. The van der Waals surface area contributed by atoms with E-state index in [9.17, 15) is 0 Å². The maximum atomic E-state index is 6.45. The molecule has 94 valence electrons. The van der Waals surface area contributed by atoms with Gasteiger partial charge in [0.25, 0.3) is 0 Å². The summed E-state index contributed by atoms with van der Waals surface area (Å²) in [5.74, 6) is 0.791. The lowest BCUT2D eigenvalue weighted by molar-refractivity contribution is 0.411. The molecule has 0 fully saturated rings. The average Bonchev–Trinajstić information content (AvgIpc) is 2.76. The van der Waals surface area contributed by atoms with E-state index < -0.39 is 0 Å². The third kappa shape index (κ3) is 1.79. The van der Waals surface area contributed by atoms with Crippen LogP contribution in [0.15, 0.2) is 24.3 Å². The summed E-state index contributed by atoms with van der Waals surface area (Å²) in [7, 11) is 1.66. The molecule has 2 aromatic rings. The third-order valence-corrected chi connectivity index (χ3v) is 3.80. The monoisotopic (exact) mass is 262 g/mol. The molecule has 0 saturated heterocycles. The number of halogens is 1. The van der Waals surface area contributed by atoms with E-state index in [2.05, 4.69) is 5.10 Å². The fourth-order valence-electron chi connectivity index (χ4n) is 2.48. The number of methoxy groups -OCH3 is 1. The lowest BCUT2D eigenvalue weighted by Crippen LogP contribution is -2.01. The first kappa shape index (κ1) is 11.6. The average molecular weight is 263 g/mol. The highest BCUT2D eigenvalue weighted by molar-refractivity contribution is 6.30. The van der Waals surface area contributed by atoms with E-state index in [0.29, 0.717) is 0 Å². The van der Waals surface area contributed by atoms with Crippen molar-refractivity contribution in [1.82, 2.24) is 9.78 Å². The van der Waals surface area contributed by atoms with Crippen molar-refractivity contribution in [3.8, 4) is 11.4 Å². The van der Waals surface area contributed by atoms with Crippen molar-refractivity contribution in [3.63, 3.8) is 0 Å². The number of aryl methyl sites for hydroxylation is 1. The van der Waals surface area contributed by atoms with Crippen LogP contribution in [-0.2, 0) is 12.8 Å². The number of fused-ring (bicyclic) bond motifs is 1. The molecule has 1 heterocycles. The first-order valence-electron chi connectivity index (χ1n) is 6.21. The lowest BCUT2D eigenvalue weighted by Gasteiger charge is -2.09. The molecule has 1 aliphatic carbocycles. The normalized spacial score (nSPS) is 14.3. The quantitative estimate of drug-likeness (QED) is 0.829. The zero-order valence-corrected chi connectivity index (χ0v) is 11.1. The summed E-state index contributed by atoms with van der Waals surface area (Å²) in [5.41, 5.74) is 3.24. The van der Waals surface area contributed by atoms with E-state index in [1.807, 2.05) is 24.3 Å². The summed E-state index contributed by atoms with van der Waals surface area (Å²) in [6.45, 7) is 0. The van der Waals surface area contributed by atoms with E-state index in [4.69, 9.17) is 16.3 Å². The van der Waals surface area contributed by atoms with Gasteiger partial charge in [0.05, 0.1) is 12.8 Å². The highest BCUT2D eigenvalue weighted by Gasteiger charge is 2.21. The molecule has 1 aromatic carbocycles. The van der Waals surface area contributed by atoms with Crippen molar-refractivity contribution in [3.05, 3.63) is 40.7 Å². The maximum Gasteiger partial charge on any atom is 0.144 e. The lowest BCUT2D eigenvalue weighted by atomic mass is 9.99. The summed E-state index contributed by atoms with van der Waals surface area (Å²) in [6.07, 6.45) is 4.46. The Hall–Kier alpha value is -1.48. The number of para-hydroxylation sites is 2. The van der Waals surface area contributed by atoms with Crippen LogP contribution in [0.25, 0.3) is 5.69 Å². The molecule has 1 aliphatic rings. The predicted molar refractivity (Wildman–Crippen MR) is 71.8 cm³/mol. The summed E-state index contributed by atoms with van der Waals surface area (Å²) < 4.78 is 7.17. The molecule has 1 aromatic heterocycles. The SMILES string of the molecule is COc1ccccc1-n1nc2c(c1Cl)CCCC2. The van der Waals surface area contributed by atoms with Gasteiger partial charge in [-0.1, -0.05) is 23.7 Å². The Kier molecular flexibility index (Phi) is 3.00. The van der Waals surface area contributed by atoms with E-state index in [1.54, 1.807) is 11.8 Å². The Labute approximate surface area is 111 Å². The zero-order valence-electron chi connectivity index (χ0n) is 10.3. The fourth-order valence-corrected chi connectivity index (χ4v) is 2.81. The van der Waals surface area contributed by atoms with Gasteiger partial charge in [0.1, 0.15) is 16.6 Å². The van der Waals surface area contributed by atoms with Crippen molar-refractivity contribution in [2.75, 3.05) is 7.11 Å². The predicted octanol–water partition coefficient (Wildman–Crippen LogP) is 3.41. The van der Waals surface area contributed by atoms with Crippen molar-refractivity contribution >= 4 is 11.6 Å². The minimum absolute atomic E-state index is 0.731. The van der Waals surface area contributed by atoms with Crippen molar-refractivity contribution < 1.29 is 4.74 Å². The molecule has 0 unspecified atom stereocenters. The van der Waals surface area contributed by atoms with Gasteiger partial charge in [-0.3, -0.25) is 0 Å². The Morgan fingerprint density at radius 2 is 2.00 bits per heavy atom. The van der Waals surface area contributed by atoms with E-state index in [0.717, 1.165) is 35.1 Å².